The van der Waals surface area contributed by atoms with E-state index in [0.29, 0.717) is 6.04 Å². The van der Waals surface area contributed by atoms with Crippen molar-refractivity contribution < 1.29 is 9.53 Å². The third kappa shape index (κ3) is 6.06. The summed E-state index contributed by atoms with van der Waals surface area (Å²) in [5.41, 5.74) is 1.55. The zero-order valence-electron chi connectivity index (χ0n) is 14.1. The molecule has 122 valence electrons. The Kier molecular flexibility index (Phi) is 5.46. The zero-order chi connectivity index (χ0) is 16.2. The lowest BCUT2D eigenvalue weighted by atomic mass is 10.1. The summed E-state index contributed by atoms with van der Waals surface area (Å²) in [6.07, 6.45) is 3.34. The molecule has 0 saturated heterocycles. The molecular weight excluding hydrogens is 276 g/mol. The van der Waals surface area contributed by atoms with E-state index < -0.39 is 11.7 Å². The second-order valence-electron chi connectivity index (χ2n) is 7.15. The molecule has 4 nitrogen and oxygen atoms in total. The van der Waals surface area contributed by atoms with E-state index in [2.05, 4.69) is 29.7 Å². The molecule has 0 spiro atoms. The van der Waals surface area contributed by atoms with Crippen molar-refractivity contribution in [3.05, 3.63) is 29.8 Å². The minimum atomic E-state index is -0.478. The van der Waals surface area contributed by atoms with Crippen molar-refractivity contribution in [1.82, 2.24) is 5.32 Å². The van der Waals surface area contributed by atoms with E-state index in [0.717, 1.165) is 24.6 Å². The highest BCUT2D eigenvalue weighted by Gasteiger charge is 2.27. The van der Waals surface area contributed by atoms with Crippen LogP contribution in [0.25, 0.3) is 0 Å². The molecule has 1 aromatic rings. The van der Waals surface area contributed by atoms with Crippen LogP contribution < -0.4 is 10.6 Å². The van der Waals surface area contributed by atoms with Gasteiger partial charge in [0.2, 0.25) is 0 Å². The van der Waals surface area contributed by atoms with Crippen molar-refractivity contribution in [3.8, 4) is 0 Å². The van der Waals surface area contributed by atoms with Gasteiger partial charge in [-0.05, 0) is 77.1 Å². The maximum Gasteiger partial charge on any atom is 0.412 e. The SMILES string of the molecule is CC(NCCc1ccc(NC(=O)OC(C)(C)C)cc1)C1CC1. The van der Waals surface area contributed by atoms with Crippen molar-refractivity contribution in [2.75, 3.05) is 11.9 Å². The topological polar surface area (TPSA) is 50.4 Å². The Labute approximate surface area is 133 Å². The van der Waals surface area contributed by atoms with Gasteiger partial charge in [0.15, 0.2) is 0 Å². The lowest BCUT2D eigenvalue weighted by Crippen LogP contribution is -2.29. The summed E-state index contributed by atoms with van der Waals surface area (Å²) in [7, 11) is 0. The first-order valence-corrected chi connectivity index (χ1v) is 8.16. The van der Waals surface area contributed by atoms with Gasteiger partial charge in [0.1, 0.15) is 5.60 Å². The smallest absolute Gasteiger partial charge is 0.412 e. The molecular formula is C18H28N2O2. The van der Waals surface area contributed by atoms with Crippen LogP contribution in [0, 0.1) is 5.92 Å². The van der Waals surface area contributed by atoms with Gasteiger partial charge in [-0.2, -0.15) is 0 Å². The lowest BCUT2D eigenvalue weighted by molar-refractivity contribution is 0.0636. The van der Waals surface area contributed by atoms with E-state index in [1.807, 2.05) is 32.9 Å². The molecule has 0 aromatic heterocycles. The third-order valence-corrected chi connectivity index (χ3v) is 3.81. The molecule has 1 atom stereocenters. The van der Waals surface area contributed by atoms with Crippen LogP contribution in [-0.2, 0) is 11.2 Å². The van der Waals surface area contributed by atoms with Gasteiger partial charge in [-0.25, -0.2) is 4.79 Å². The van der Waals surface area contributed by atoms with Gasteiger partial charge in [0.05, 0.1) is 0 Å². The third-order valence-electron chi connectivity index (χ3n) is 3.81. The van der Waals surface area contributed by atoms with Gasteiger partial charge in [-0.15, -0.1) is 0 Å². The van der Waals surface area contributed by atoms with E-state index in [1.54, 1.807) is 0 Å². The minimum absolute atomic E-state index is 0.417. The predicted octanol–water partition coefficient (Wildman–Crippen LogP) is 3.96. The minimum Gasteiger partial charge on any atom is -0.444 e. The summed E-state index contributed by atoms with van der Waals surface area (Å²) >= 11 is 0. The molecule has 4 heteroatoms. The van der Waals surface area contributed by atoms with Gasteiger partial charge in [0, 0.05) is 11.7 Å². The molecule has 1 fully saturated rings. The van der Waals surface area contributed by atoms with Crippen LogP contribution in [0.2, 0.25) is 0 Å². The van der Waals surface area contributed by atoms with Crippen LogP contribution >= 0.6 is 0 Å². The number of hydrogen-bond donors (Lipinski definition) is 2. The first kappa shape index (κ1) is 16.8. The van der Waals surface area contributed by atoms with Gasteiger partial charge in [0.25, 0.3) is 0 Å². The summed E-state index contributed by atoms with van der Waals surface area (Å²) < 4.78 is 5.23. The lowest BCUT2D eigenvalue weighted by Gasteiger charge is -2.19. The van der Waals surface area contributed by atoms with Crippen molar-refractivity contribution in [2.24, 2.45) is 5.92 Å². The van der Waals surface area contributed by atoms with Crippen LogP contribution in [0.15, 0.2) is 24.3 Å². The maximum atomic E-state index is 11.7. The predicted molar refractivity (Wildman–Crippen MR) is 90.2 cm³/mol. The molecule has 0 bridgehead atoms. The van der Waals surface area contributed by atoms with E-state index in [4.69, 9.17) is 4.74 Å². The van der Waals surface area contributed by atoms with Gasteiger partial charge in [-0.1, -0.05) is 12.1 Å². The van der Waals surface area contributed by atoms with Gasteiger partial charge < -0.3 is 10.1 Å². The molecule has 2 N–H and O–H groups in total. The molecule has 1 aromatic carbocycles. The number of ether oxygens (including phenoxy) is 1. The maximum absolute atomic E-state index is 11.7. The van der Waals surface area contributed by atoms with Crippen molar-refractivity contribution in [2.45, 2.75) is 58.6 Å². The van der Waals surface area contributed by atoms with Gasteiger partial charge >= 0.3 is 6.09 Å². The average molecular weight is 304 g/mol. The second kappa shape index (κ2) is 7.14. The average Bonchev–Trinajstić information content (AvgIpc) is 3.22. The van der Waals surface area contributed by atoms with Crippen LogP contribution in [-0.4, -0.2) is 24.3 Å². The fourth-order valence-corrected chi connectivity index (χ4v) is 2.38. The highest BCUT2D eigenvalue weighted by Crippen LogP contribution is 2.32. The summed E-state index contributed by atoms with van der Waals surface area (Å²) in [6.45, 7) is 8.82. The number of carbonyl (C=O) groups is 1. The molecule has 0 radical (unpaired) electrons. The Morgan fingerprint density at radius 3 is 2.45 bits per heavy atom. The zero-order valence-corrected chi connectivity index (χ0v) is 14.1. The van der Waals surface area contributed by atoms with E-state index in [1.165, 1.54) is 18.4 Å². The van der Waals surface area contributed by atoms with Gasteiger partial charge in [-0.3, -0.25) is 5.32 Å². The Bertz CT molecular complexity index is 487. The molecule has 1 amide bonds. The normalized spacial score (nSPS) is 16.2. The molecule has 0 heterocycles. The highest BCUT2D eigenvalue weighted by atomic mass is 16.6. The Balaban J connectivity index is 1.73. The van der Waals surface area contributed by atoms with Crippen LogP contribution in [0.3, 0.4) is 0 Å². The number of hydrogen-bond acceptors (Lipinski definition) is 3. The molecule has 1 unspecified atom stereocenters. The standard InChI is InChI=1S/C18H28N2O2/c1-13(15-7-8-15)19-12-11-14-5-9-16(10-6-14)20-17(21)22-18(2,3)4/h5-6,9-10,13,15,19H,7-8,11-12H2,1-4H3,(H,20,21). The summed E-state index contributed by atoms with van der Waals surface area (Å²) in [5.74, 6) is 0.889. The Morgan fingerprint density at radius 2 is 1.91 bits per heavy atom. The monoisotopic (exact) mass is 304 g/mol. The van der Waals surface area contributed by atoms with Crippen molar-refractivity contribution in [1.29, 1.82) is 0 Å². The van der Waals surface area contributed by atoms with Crippen molar-refractivity contribution in [3.63, 3.8) is 0 Å². The molecule has 22 heavy (non-hydrogen) atoms. The molecule has 0 aliphatic heterocycles. The number of nitrogens with one attached hydrogen (secondary N) is 2. The molecule has 2 rings (SSSR count). The summed E-state index contributed by atoms with van der Waals surface area (Å²) in [5, 5.41) is 6.32. The molecule has 1 aliphatic carbocycles. The first-order chi connectivity index (χ1) is 10.3. The van der Waals surface area contributed by atoms with Crippen LogP contribution in [0.5, 0.6) is 0 Å². The highest BCUT2D eigenvalue weighted by molar-refractivity contribution is 5.84. The van der Waals surface area contributed by atoms with Crippen molar-refractivity contribution >= 4 is 11.8 Å². The fraction of sp³-hybridized carbons (Fsp3) is 0.611. The molecule has 1 aliphatic rings. The van der Waals surface area contributed by atoms with Crippen LogP contribution in [0.4, 0.5) is 10.5 Å². The number of benzene rings is 1. The number of anilines is 1. The summed E-state index contributed by atoms with van der Waals surface area (Å²) in [6, 6.07) is 8.58. The number of carbonyl (C=O) groups excluding carboxylic acids is 1. The van der Waals surface area contributed by atoms with E-state index in [9.17, 15) is 4.79 Å². The largest absolute Gasteiger partial charge is 0.444 e. The number of amides is 1. The second-order valence-corrected chi connectivity index (χ2v) is 7.15. The summed E-state index contributed by atoms with van der Waals surface area (Å²) in [4.78, 5) is 11.7. The Hall–Kier alpha value is -1.55. The van der Waals surface area contributed by atoms with E-state index in [-0.39, 0.29) is 0 Å². The molecule has 1 saturated carbocycles. The fourth-order valence-electron chi connectivity index (χ4n) is 2.38. The number of rotatable bonds is 6. The quantitative estimate of drug-likeness (QED) is 0.836. The first-order valence-electron chi connectivity index (χ1n) is 8.16. The van der Waals surface area contributed by atoms with Crippen LogP contribution in [0.1, 0.15) is 46.1 Å². The Morgan fingerprint density at radius 1 is 1.27 bits per heavy atom. The van der Waals surface area contributed by atoms with E-state index >= 15 is 0 Å².